The van der Waals surface area contributed by atoms with Gasteiger partial charge in [-0.1, -0.05) is 25.2 Å². The van der Waals surface area contributed by atoms with E-state index in [1.165, 1.54) is 18.3 Å². The van der Waals surface area contributed by atoms with Crippen molar-refractivity contribution >= 4 is 34.0 Å². The third kappa shape index (κ3) is 4.60. The number of hydrogen-bond acceptors (Lipinski definition) is 5. The van der Waals surface area contributed by atoms with E-state index < -0.39 is 11.7 Å². The summed E-state index contributed by atoms with van der Waals surface area (Å²) in [6.45, 7) is 3.78. The summed E-state index contributed by atoms with van der Waals surface area (Å²) in [5.74, 6) is -1.37. The molecule has 0 spiro atoms. The molecule has 6 nitrogen and oxygen atoms in total. The maximum absolute atomic E-state index is 14.1. The minimum absolute atomic E-state index is 0.0261. The fourth-order valence-electron chi connectivity index (χ4n) is 1.88. The van der Waals surface area contributed by atoms with Gasteiger partial charge in [-0.25, -0.2) is 9.37 Å². The molecule has 0 saturated carbocycles. The van der Waals surface area contributed by atoms with Crippen LogP contribution in [0, 0.1) is 23.1 Å². The average molecular weight is 346 g/mol. The van der Waals surface area contributed by atoms with E-state index in [9.17, 15) is 14.0 Å². The van der Waals surface area contributed by atoms with Crippen molar-refractivity contribution in [3.8, 4) is 6.07 Å². The quantitative estimate of drug-likeness (QED) is 0.867. The van der Waals surface area contributed by atoms with Gasteiger partial charge in [0.15, 0.2) is 5.13 Å². The van der Waals surface area contributed by atoms with E-state index in [0.29, 0.717) is 4.88 Å². The molecular weight excluding hydrogens is 331 g/mol. The number of thiazole rings is 1. The van der Waals surface area contributed by atoms with E-state index in [4.69, 9.17) is 5.26 Å². The number of hydrogen-bond donors (Lipinski definition) is 2. The smallest absolute Gasteiger partial charge is 0.257 e. The van der Waals surface area contributed by atoms with Crippen molar-refractivity contribution in [1.82, 2.24) is 4.98 Å². The maximum atomic E-state index is 14.1. The normalized spacial score (nSPS) is 10.3. The molecule has 0 aliphatic carbocycles. The molecule has 2 amide bonds. The number of nitrogens with one attached hydrogen (secondary N) is 2. The van der Waals surface area contributed by atoms with Crippen LogP contribution in [0.1, 0.15) is 35.5 Å². The lowest BCUT2D eigenvalue weighted by Crippen LogP contribution is -2.16. The van der Waals surface area contributed by atoms with Crippen LogP contribution in [0.25, 0.3) is 0 Å². The Labute approximate surface area is 142 Å². The molecule has 0 unspecified atom stereocenters. The zero-order valence-corrected chi connectivity index (χ0v) is 13.9. The lowest BCUT2D eigenvalue weighted by atomic mass is 10.1. The monoisotopic (exact) mass is 346 g/mol. The van der Waals surface area contributed by atoms with E-state index in [1.807, 2.05) is 19.9 Å². The molecule has 0 aliphatic rings. The van der Waals surface area contributed by atoms with Gasteiger partial charge in [-0.15, -0.1) is 0 Å². The van der Waals surface area contributed by atoms with Crippen LogP contribution in [-0.2, 0) is 4.79 Å². The number of benzene rings is 1. The Bertz CT molecular complexity index is 811. The van der Waals surface area contributed by atoms with Gasteiger partial charge in [0.25, 0.3) is 5.91 Å². The molecule has 1 heterocycles. The van der Waals surface area contributed by atoms with Crippen molar-refractivity contribution < 1.29 is 14.0 Å². The first-order chi connectivity index (χ1) is 11.4. The molecule has 1 aromatic carbocycles. The Morgan fingerprint density at radius 1 is 1.38 bits per heavy atom. The number of carbonyl (C=O) groups excluding carboxylic acids is 2. The second-order valence-corrected chi connectivity index (χ2v) is 6.47. The molecule has 2 rings (SSSR count). The summed E-state index contributed by atoms with van der Waals surface area (Å²) in [5, 5.41) is 13.9. The highest BCUT2D eigenvalue weighted by Crippen LogP contribution is 2.20. The van der Waals surface area contributed by atoms with E-state index >= 15 is 0 Å². The summed E-state index contributed by atoms with van der Waals surface area (Å²) in [6.07, 6.45) is 1.63. The second-order valence-electron chi connectivity index (χ2n) is 5.44. The first-order valence-electron chi connectivity index (χ1n) is 7.15. The standard InChI is InChI=1S/C16H15FN4O2S/c1-9(2)5-14(22)20-13-4-3-10(6-12(13)17)15(23)21-16-19-8-11(7-18)24-16/h3-4,6,8-9H,5H2,1-2H3,(H,20,22)(H,19,21,23). The van der Waals surface area contributed by atoms with E-state index in [1.54, 1.807) is 0 Å². The van der Waals surface area contributed by atoms with E-state index in [2.05, 4.69) is 15.6 Å². The van der Waals surface area contributed by atoms with Crippen LogP contribution in [0.15, 0.2) is 24.4 Å². The Hall–Kier alpha value is -2.79. The van der Waals surface area contributed by atoms with Crippen molar-refractivity contribution in [3.05, 3.63) is 40.7 Å². The third-order valence-electron chi connectivity index (χ3n) is 2.94. The molecule has 0 aliphatic heterocycles. The Morgan fingerprint density at radius 3 is 2.71 bits per heavy atom. The van der Waals surface area contributed by atoms with Crippen molar-refractivity contribution in [2.75, 3.05) is 10.6 Å². The first kappa shape index (κ1) is 17.6. The summed E-state index contributed by atoms with van der Waals surface area (Å²) >= 11 is 1.02. The van der Waals surface area contributed by atoms with Crippen LogP contribution in [0.4, 0.5) is 15.2 Å². The minimum atomic E-state index is -0.698. The minimum Gasteiger partial charge on any atom is -0.324 e. The topological polar surface area (TPSA) is 94.9 Å². The lowest BCUT2D eigenvalue weighted by molar-refractivity contribution is -0.116. The molecule has 24 heavy (non-hydrogen) atoms. The summed E-state index contributed by atoms with van der Waals surface area (Å²) in [4.78, 5) is 28.0. The van der Waals surface area contributed by atoms with Crippen molar-refractivity contribution in [2.45, 2.75) is 20.3 Å². The predicted octanol–water partition coefficient (Wildman–Crippen LogP) is 3.39. The van der Waals surface area contributed by atoms with Crippen LogP contribution in [0.2, 0.25) is 0 Å². The van der Waals surface area contributed by atoms with E-state index in [-0.39, 0.29) is 34.6 Å². The van der Waals surface area contributed by atoms with Gasteiger partial charge < -0.3 is 5.32 Å². The van der Waals surface area contributed by atoms with Crippen molar-refractivity contribution in [2.24, 2.45) is 5.92 Å². The molecule has 8 heteroatoms. The summed E-state index contributed by atoms with van der Waals surface area (Å²) < 4.78 is 14.1. The molecule has 0 radical (unpaired) electrons. The van der Waals surface area contributed by atoms with Gasteiger partial charge in [0.1, 0.15) is 16.8 Å². The highest BCUT2D eigenvalue weighted by Gasteiger charge is 2.14. The molecule has 124 valence electrons. The van der Waals surface area contributed by atoms with Crippen LogP contribution < -0.4 is 10.6 Å². The van der Waals surface area contributed by atoms with E-state index in [0.717, 1.165) is 17.4 Å². The summed E-state index contributed by atoms with van der Waals surface area (Å²) in [6, 6.07) is 5.70. The lowest BCUT2D eigenvalue weighted by Gasteiger charge is -2.09. The molecular formula is C16H15FN4O2S. The van der Waals surface area contributed by atoms with Gasteiger partial charge in [0.2, 0.25) is 5.91 Å². The number of halogens is 1. The highest BCUT2D eigenvalue weighted by molar-refractivity contribution is 7.16. The second kappa shape index (κ2) is 7.66. The van der Waals surface area contributed by atoms with Crippen molar-refractivity contribution in [1.29, 1.82) is 5.26 Å². The fraction of sp³-hybridized carbons (Fsp3) is 0.250. The zero-order valence-electron chi connectivity index (χ0n) is 13.1. The number of amides is 2. The number of nitriles is 1. The maximum Gasteiger partial charge on any atom is 0.257 e. The highest BCUT2D eigenvalue weighted by atomic mass is 32.1. The van der Waals surface area contributed by atoms with Gasteiger partial charge in [0, 0.05) is 12.0 Å². The predicted molar refractivity (Wildman–Crippen MR) is 89.3 cm³/mol. The molecule has 2 aromatic rings. The molecule has 2 N–H and O–H groups in total. The Balaban J connectivity index is 2.06. The van der Waals surface area contributed by atoms with Crippen LogP contribution in [0.5, 0.6) is 0 Å². The Morgan fingerprint density at radius 2 is 2.12 bits per heavy atom. The SMILES string of the molecule is CC(C)CC(=O)Nc1ccc(C(=O)Nc2ncc(C#N)s2)cc1F. The van der Waals surface area contributed by atoms with Crippen LogP contribution >= 0.6 is 11.3 Å². The van der Waals surface area contributed by atoms with Gasteiger partial charge in [-0.05, 0) is 24.1 Å². The first-order valence-corrected chi connectivity index (χ1v) is 7.97. The number of aromatic nitrogens is 1. The average Bonchev–Trinajstić information content (AvgIpc) is 2.96. The zero-order chi connectivity index (χ0) is 17.7. The number of nitrogens with zero attached hydrogens (tertiary/aromatic N) is 2. The third-order valence-corrected chi connectivity index (χ3v) is 3.75. The van der Waals surface area contributed by atoms with Crippen LogP contribution in [0.3, 0.4) is 0 Å². The molecule has 0 fully saturated rings. The number of carbonyl (C=O) groups is 2. The molecule has 0 saturated heterocycles. The van der Waals surface area contributed by atoms with Crippen LogP contribution in [-0.4, -0.2) is 16.8 Å². The fourth-order valence-corrected chi connectivity index (χ4v) is 2.49. The van der Waals surface area contributed by atoms with Crippen molar-refractivity contribution in [3.63, 3.8) is 0 Å². The van der Waals surface area contributed by atoms with Gasteiger partial charge in [-0.2, -0.15) is 5.26 Å². The van der Waals surface area contributed by atoms with Gasteiger partial charge >= 0.3 is 0 Å². The largest absolute Gasteiger partial charge is 0.324 e. The summed E-state index contributed by atoms with van der Waals surface area (Å²) in [5.41, 5.74) is 0.112. The molecule has 0 bridgehead atoms. The van der Waals surface area contributed by atoms with Gasteiger partial charge in [-0.3, -0.25) is 14.9 Å². The summed E-state index contributed by atoms with van der Waals surface area (Å²) in [7, 11) is 0. The van der Waals surface area contributed by atoms with Gasteiger partial charge in [0.05, 0.1) is 11.9 Å². The number of anilines is 2. The molecule has 1 aromatic heterocycles. The molecule has 0 atom stereocenters. The number of rotatable bonds is 5. The Kier molecular flexibility index (Phi) is 5.60.